The number of hydrogen-bond acceptors (Lipinski definition) is 2. The molecule has 0 saturated heterocycles. The number of anilines is 1. The van der Waals surface area contributed by atoms with Crippen LogP contribution in [-0.2, 0) is 6.18 Å². The molecule has 0 fully saturated rings. The van der Waals surface area contributed by atoms with Crippen molar-refractivity contribution in [3.8, 4) is 11.1 Å². The van der Waals surface area contributed by atoms with Crippen LogP contribution in [0.4, 0.5) is 27.6 Å². The maximum atomic E-state index is 13.6. The van der Waals surface area contributed by atoms with Gasteiger partial charge in [0.15, 0.2) is 0 Å². The van der Waals surface area contributed by atoms with E-state index in [2.05, 4.69) is 5.32 Å². The van der Waals surface area contributed by atoms with Crippen molar-refractivity contribution in [2.75, 3.05) is 5.32 Å². The van der Waals surface area contributed by atoms with Gasteiger partial charge in [-0.3, -0.25) is 4.79 Å². The number of carbonyl (C=O) groups excluding carboxylic acids is 1. The summed E-state index contributed by atoms with van der Waals surface area (Å²) < 4.78 is 65.6. The van der Waals surface area contributed by atoms with Crippen LogP contribution in [0.1, 0.15) is 15.2 Å². The minimum absolute atomic E-state index is 0.0208. The van der Waals surface area contributed by atoms with Crippen LogP contribution in [0.15, 0.2) is 48.5 Å². The van der Waals surface area contributed by atoms with Crippen molar-refractivity contribution in [2.24, 2.45) is 0 Å². The minimum atomic E-state index is -4.50. The van der Waals surface area contributed by atoms with Crippen LogP contribution in [0.3, 0.4) is 0 Å². The van der Waals surface area contributed by atoms with Crippen LogP contribution in [0.2, 0.25) is 4.34 Å². The van der Waals surface area contributed by atoms with E-state index in [-0.39, 0.29) is 15.6 Å². The molecule has 3 rings (SSSR count). The van der Waals surface area contributed by atoms with E-state index in [1.165, 1.54) is 24.3 Å². The van der Waals surface area contributed by atoms with Gasteiger partial charge in [-0.1, -0.05) is 29.8 Å². The number of alkyl halides is 3. The Morgan fingerprint density at radius 2 is 1.59 bits per heavy atom. The van der Waals surface area contributed by atoms with E-state index in [0.717, 1.165) is 24.3 Å². The maximum Gasteiger partial charge on any atom is 0.425 e. The molecule has 0 atom stereocenters. The molecule has 1 amide bonds. The standard InChI is InChI=1S/C18H9ClF5NOS/c19-16-11(8-14(27-16)18(22,23)24)9-4-6-10(7-5-9)25-17(26)15-12(20)2-1-3-13(15)21/h1-8H,(H,25,26). The third-order valence-electron chi connectivity index (χ3n) is 3.61. The highest BCUT2D eigenvalue weighted by Gasteiger charge is 2.33. The molecule has 27 heavy (non-hydrogen) atoms. The minimum Gasteiger partial charge on any atom is -0.322 e. The van der Waals surface area contributed by atoms with Crippen LogP contribution >= 0.6 is 22.9 Å². The quantitative estimate of drug-likeness (QED) is 0.477. The third kappa shape index (κ3) is 4.12. The molecule has 1 N–H and O–H groups in total. The normalized spacial score (nSPS) is 11.5. The molecular weight excluding hydrogens is 409 g/mol. The van der Waals surface area contributed by atoms with Gasteiger partial charge in [0.2, 0.25) is 0 Å². The number of nitrogens with one attached hydrogen (secondary N) is 1. The van der Waals surface area contributed by atoms with Crippen molar-refractivity contribution in [2.45, 2.75) is 6.18 Å². The molecule has 2 aromatic carbocycles. The molecule has 0 radical (unpaired) electrons. The summed E-state index contributed by atoms with van der Waals surface area (Å²) in [5.74, 6) is -2.99. The summed E-state index contributed by atoms with van der Waals surface area (Å²) in [6.07, 6.45) is -4.50. The van der Waals surface area contributed by atoms with Crippen LogP contribution in [0.5, 0.6) is 0 Å². The molecule has 0 aliphatic carbocycles. The predicted molar refractivity (Wildman–Crippen MR) is 94.1 cm³/mol. The Balaban J connectivity index is 1.82. The summed E-state index contributed by atoms with van der Waals surface area (Å²) in [6.45, 7) is 0. The van der Waals surface area contributed by atoms with E-state index >= 15 is 0 Å². The van der Waals surface area contributed by atoms with Gasteiger partial charge in [0, 0.05) is 11.3 Å². The number of benzene rings is 2. The molecule has 0 aliphatic rings. The van der Waals surface area contributed by atoms with Gasteiger partial charge >= 0.3 is 6.18 Å². The number of thiophene rings is 1. The number of halogens is 6. The summed E-state index contributed by atoms with van der Waals surface area (Å²) in [5.41, 5.74) is 0.0971. The van der Waals surface area contributed by atoms with Crippen LogP contribution < -0.4 is 5.32 Å². The highest BCUT2D eigenvalue weighted by atomic mass is 35.5. The first-order valence-electron chi connectivity index (χ1n) is 7.39. The average Bonchev–Trinajstić information content (AvgIpc) is 2.97. The van der Waals surface area contributed by atoms with Crippen LogP contribution in [0, 0.1) is 11.6 Å². The fourth-order valence-electron chi connectivity index (χ4n) is 2.35. The topological polar surface area (TPSA) is 29.1 Å². The van der Waals surface area contributed by atoms with Gasteiger partial charge < -0.3 is 5.32 Å². The van der Waals surface area contributed by atoms with E-state index in [9.17, 15) is 26.7 Å². The monoisotopic (exact) mass is 417 g/mol. The summed E-state index contributed by atoms with van der Waals surface area (Å²) in [6, 6.07) is 9.67. The number of rotatable bonds is 3. The Labute approximate surface area is 159 Å². The van der Waals surface area contributed by atoms with Gasteiger partial charge in [-0.25, -0.2) is 8.78 Å². The molecule has 0 spiro atoms. The Bertz CT molecular complexity index is 978. The lowest BCUT2D eigenvalue weighted by Gasteiger charge is -2.08. The molecule has 1 heterocycles. The summed E-state index contributed by atoms with van der Waals surface area (Å²) >= 11 is 6.31. The van der Waals surface area contributed by atoms with Gasteiger partial charge in [0.05, 0.1) is 0 Å². The third-order valence-corrected chi connectivity index (χ3v) is 5.01. The largest absolute Gasteiger partial charge is 0.425 e. The molecule has 0 saturated carbocycles. The molecule has 0 aliphatic heterocycles. The zero-order valence-electron chi connectivity index (χ0n) is 13.2. The first-order chi connectivity index (χ1) is 12.7. The van der Waals surface area contributed by atoms with E-state index in [1.807, 2.05) is 0 Å². The zero-order valence-corrected chi connectivity index (χ0v) is 14.8. The molecular formula is C18H9ClF5NOS. The van der Waals surface area contributed by atoms with E-state index < -0.39 is 34.2 Å². The average molecular weight is 418 g/mol. The second-order valence-corrected chi connectivity index (χ2v) is 7.08. The Morgan fingerprint density at radius 3 is 2.11 bits per heavy atom. The lowest BCUT2D eigenvalue weighted by molar-refractivity contribution is -0.134. The molecule has 0 unspecified atom stereocenters. The van der Waals surface area contributed by atoms with E-state index in [4.69, 9.17) is 11.6 Å². The van der Waals surface area contributed by atoms with Gasteiger partial charge in [-0.15, -0.1) is 11.3 Å². The summed E-state index contributed by atoms with van der Waals surface area (Å²) in [4.78, 5) is 11.2. The molecule has 3 aromatic rings. The summed E-state index contributed by atoms with van der Waals surface area (Å²) in [7, 11) is 0. The predicted octanol–water partition coefficient (Wildman–Crippen LogP) is 6.62. The van der Waals surface area contributed by atoms with Crippen molar-refractivity contribution in [3.63, 3.8) is 0 Å². The highest BCUT2D eigenvalue weighted by molar-refractivity contribution is 7.16. The molecule has 2 nitrogen and oxygen atoms in total. The van der Waals surface area contributed by atoms with Gasteiger partial charge in [-0.2, -0.15) is 13.2 Å². The fraction of sp³-hybridized carbons (Fsp3) is 0.0556. The van der Waals surface area contributed by atoms with Crippen molar-refractivity contribution in [1.82, 2.24) is 0 Å². The highest BCUT2D eigenvalue weighted by Crippen LogP contribution is 2.43. The Morgan fingerprint density at radius 1 is 1.00 bits per heavy atom. The zero-order chi connectivity index (χ0) is 19.8. The Hall–Kier alpha value is -2.45. The molecule has 1 aromatic heterocycles. The van der Waals surface area contributed by atoms with Crippen molar-refractivity contribution in [1.29, 1.82) is 0 Å². The van der Waals surface area contributed by atoms with Crippen LogP contribution in [-0.4, -0.2) is 5.91 Å². The van der Waals surface area contributed by atoms with E-state index in [1.54, 1.807) is 0 Å². The summed E-state index contributed by atoms with van der Waals surface area (Å²) in [5, 5.41) is 2.33. The van der Waals surface area contributed by atoms with Gasteiger partial charge in [0.1, 0.15) is 26.4 Å². The first-order valence-corrected chi connectivity index (χ1v) is 8.58. The molecule has 140 valence electrons. The lowest BCUT2D eigenvalue weighted by atomic mass is 10.1. The second-order valence-electron chi connectivity index (χ2n) is 5.42. The molecule has 9 heteroatoms. The fourth-order valence-corrected chi connectivity index (χ4v) is 3.53. The smallest absolute Gasteiger partial charge is 0.322 e. The second kappa shape index (κ2) is 7.28. The first kappa shape index (κ1) is 19.3. The van der Waals surface area contributed by atoms with Gasteiger partial charge in [-0.05, 0) is 35.9 Å². The van der Waals surface area contributed by atoms with Crippen molar-refractivity contribution >= 4 is 34.5 Å². The van der Waals surface area contributed by atoms with Crippen molar-refractivity contribution in [3.05, 3.63) is 74.9 Å². The van der Waals surface area contributed by atoms with Gasteiger partial charge in [0.25, 0.3) is 5.91 Å². The Kier molecular flexibility index (Phi) is 5.21. The number of carbonyl (C=O) groups is 1. The maximum absolute atomic E-state index is 13.6. The molecule has 0 bridgehead atoms. The SMILES string of the molecule is O=C(Nc1ccc(-c2cc(C(F)(F)F)sc2Cl)cc1)c1c(F)cccc1F. The van der Waals surface area contributed by atoms with Crippen molar-refractivity contribution < 1.29 is 26.7 Å². The lowest BCUT2D eigenvalue weighted by Crippen LogP contribution is -2.15. The number of amides is 1. The van der Waals surface area contributed by atoms with E-state index in [0.29, 0.717) is 16.9 Å². The number of hydrogen-bond donors (Lipinski definition) is 1. The van der Waals surface area contributed by atoms with Crippen LogP contribution in [0.25, 0.3) is 11.1 Å².